The molecule has 0 spiro atoms. The van der Waals surface area contributed by atoms with Crippen LogP contribution >= 0.6 is 7.60 Å². The standard InChI is InChI=1S/C8H9F2O4P/c1-13-5-15(11,12)14-8-3-2-6(9)4-7(8)10/h2-4H,5H2,1H3,(H,11,12). The van der Waals surface area contributed by atoms with E-state index in [4.69, 9.17) is 4.89 Å². The third kappa shape index (κ3) is 3.58. The van der Waals surface area contributed by atoms with Gasteiger partial charge in [0.05, 0.1) is 0 Å². The molecular weight excluding hydrogens is 229 g/mol. The maximum absolute atomic E-state index is 13.0. The maximum Gasteiger partial charge on any atom is 0.402 e. The van der Waals surface area contributed by atoms with Gasteiger partial charge in [-0.05, 0) is 12.1 Å². The molecule has 1 atom stereocenters. The molecular formula is C8H9F2O4P. The summed E-state index contributed by atoms with van der Waals surface area (Å²) in [5.74, 6) is -2.32. The van der Waals surface area contributed by atoms with Crippen molar-refractivity contribution in [3.05, 3.63) is 29.8 Å². The van der Waals surface area contributed by atoms with Gasteiger partial charge in [-0.1, -0.05) is 0 Å². The second-order valence-electron chi connectivity index (χ2n) is 2.72. The van der Waals surface area contributed by atoms with E-state index in [2.05, 4.69) is 9.26 Å². The molecule has 0 aromatic heterocycles. The van der Waals surface area contributed by atoms with Gasteiger partial charge in [0.15, 0.2) is 17.9 Å². The highest BCUT2D eigenvalue weighted by molar-refractivity contribution is 7.53. The van der Waals surface area contributed by atoms with Crippen LogP contribution in [0, 0.1) is 11.6 Å². The lowest BCUT2D eigenvalue weighted by molar-refractivity contribution is 0.219. The van der Waals surface area contributed by atoms with Gasteiger partial charge in [-0.3, -0.25) is 0 Å². The average Bonchev–Trinajstić information content (AvgIpc) is 2.09. The first-order valence-electron chi connectivity index (χ1n) is 3.90. The van der Waals surface area contributed by atoms with Crippen molar-refractivity contribution in [2.45, 2.75) is 0 Å². The monoisotopic (exact) mass is 238 g/mol. The molecule has 0 saturated carbocycles. The van der Waals surface area contributed by atoms with Crippen molar-refractivity contribution in [2.24, 2.45) is 0 Å². The molecule has 0 amide bonds. The minimum Gasteiger partial charge on any atom is -0.420 e. The lowest BCUT2D eigenvalue weighted by Gasteiger charge is -2.12. The fourth-order valence-electron chi connectivity index (χ4n) is 0.892. The summed E-state index contributed by atoms with van der Waals surface area (Å²) >= 11 is 0. The van der Waals surface area contributed by atoms with Crippen LogP contribution in [0.1, 0.15) is 0 Å². The molecule has 15 heavy (non-hydrogen) atoms. The zero-order valence-corrected chi connectivity index (χ0v) is 8.71. The van der Waals surface area contributed by atoms with Crippen LogP contribution in [0.3, 0.4) is 0 Å². The van der Waals surface area contributed by atoms with Crippen LogP contribution < -0.4 is 4.52 Å². The Balaban J connectivity index is 2.85. The first-order chi connectivity index (χ1) is 6.94. The van der Waals surface area contributed by atoms with Gasteiger partial charge in [-0.25, -0.2) is 13.3 Å². The fraction of sp³-hybridized carbons (Fsp3) is 0.250. The van der Waals surface area contributed by atoms with E-state index in [1.165, 1.54) is 7.11 Å². The van der Waals surface area contributed by atoms with Crippen LogP contribution in [-0.4, -0.2) is 18.4 Å². The third-order valence-electron chi connectivity index (χ3n) is 1.43. The van der Waals surface area contributed by atoms with Gasteiger partial charge in [0.2, 0.25) is 0 Å². The summed E-state index contributed by atoms with van der Waals surface area (Å²) in [7, 11) is -2.84. The van der Waals surface area contributed by atoms with Crippen molar-refractivity contribution in [2.75, 3.05) is 13.5 Å². The molecule has 4 nitrogen and oxygen atoms in total. The SMILES string of the molecule is COCP(=O)(O)Oc1ccc(F)cc1F. The second-order valence-corrected chi connectivity index (χ2v) is 4.44. The summed E-state index contributed by atoms with van der Waals surface area (Å²) in [5, 5.41) is 0. The predicted octanol–water partition coefficient (Wildman–Crippen LogP) is 2.13. The molecule has 0 saturated heterocycles. The molecule has 0 heterocycles. The lowest BCUT2D eigenvalue weighted by Crippen LogP contribution is -2.00. The van der Waals surface area contributed by atoms with E-state index in [0.717, 1.165) is 12.1 Å². The van der Waals surface area contributed by atoms with Crippen molar-refractivity contribution >= 4 is 7.60 Å². The van der Waals surface area contributed by atoms with Gasteiger partial charge < -0.3 is 14.2 Å². The quantitative estimate of drug-likeness (QED) is 0.816. The number of hydrogen-bond donors (Lipinski definition) is 1. The van der Waals surface area contributed by atoms with Gasteiger partial charge in [0.25, 0.3) is 0 Å². The minimum absolute atomic E-state index is 0.487. The first-order valence-corrected chi connectivity index (χ1v) is 5.66. The molecule has 0 radical (unpaired) electrons. The van der Waals surface area contributed by atoms with Gasteiger partial charge in [-0.15, -0.1) is 0 Å². The number of halogens is 2. The van der Waals surface area contributed by atoms with E-state index < -0.39 is 31.3 Å². The number of benzene rings is 1. The van der Waals surface area contributed by atoms with Crippen molar-refractivity contribution in [3.63, 3.8) is 0 Å². The summed E-state index contributed by atoms with van der Waals surface area (Å²) in [6.07, 6.45) is -0.566. The predicted molar refractivity (Wildman–Crippen MR) is 48.7 cm³/mol. The van der Waals surface area contributed by atoms with Crippen LogP contribution in [0.5, 0.6) is 5.75 Å². The summed E-state index contributed by atoms with van der Waals surface area (Å²) < 4.78 is 45.5. The molecule has 0 aliphatic carbocycles. The highest BCUT2D eigenvalue weighted by Gasteiger charge is 2.22. The summed E-state index contributed by atoms with van der Waals surface area (Å²) in [6, 6.07) is 2.41. The Bertz CT molecular complexity index is 396. The molecule has 1 aromatic rings. The van der Waals surface area contributed by atoms with Gasteiger partial charge in [-0.2, -0.15) is 0 Å². The Kier molecular flexibility index (Phi) is 3.79. The molecule has 1 rings (SSSR count). The molecule has 1 N–H and O–H groups in total. The van der Waals surface area contributed by atoms with Crippen LogP contribution in [-0.2, 0) is 9.30 Å². The van der Waals surface area contributed by atoms with Crippen molar-refractivity contribution in [1.82, 2.24) is 0 Å². The third-order valence-corrected chi connectivity index (χ3v) is 2.49. The van der Waals surface area contributed by atoms with E-state index >= 15 is 0 Å². The summed E-state index contributed by atoms with van der Waals surface area (Å²) in [6.45, 7) is 0. The van der Waals surface area contributed by atoms with Crippen LogP contribution in [0.15, 0.2) is 18.2 Å². The number of rotatable bonds is 4. The van der Waals surface area contributed by atoms with E-state index in [-0.39, 0.29) is 0 Å². The normalized spacial score (nSPS) is 14.7. The Morgan fingerprint density at radius 3 is 2.67 bits per heavy atom. The Morgan fingerprint density at radius 1 is 1.47 bits per heavy atom. The Morgan fingerprint density at radius 2 is 2.13 bits per heavy atom. The minimum atomic E-state index is -4.04. The highest BCUT2D eigenvalue weighted by atomic mass is 31.2. The zero-order valence-electron chi connectivity index (χ0n) is 7.81. The maximum atomic E-state index is 13.0. The Labute approximate surface area is 85.0 Å². The smallest absolute Gasteiger partial charge is 0.402 e. The van der Waals surface area contributed by atoms with E-state index in [1.54, 1.807) is 0 Å². The topological polar surface area (TPSA) is 55.8 Å². The average molecular weight is 238 g/mol. The van der Waals surface area contributed by atoms with E-state index in [9.17, 15) is 13.3 Å². The molecule has 7 heteroatoms. The van der Waals surface area contributed by atoms with Gasteiger partial charge >= 0.3 is 7.60 Å². The zero-order chi connectivity index (χ0) is 11.5. The van der Waals surface area contributed by atoms with E-state index in [0.29, 0.717) is 6.07 Å². The van der Waals surface area contributed by atoms with E-state index in [1.807, 2.05) is 0 Å². The van der Waals surface area contributed by atoms with Crippen molar-refractivity contribution < 1.29 is 27.5 Å². The number of methoxy groups -OCH3 is 1. The molecule has 0 aliphatic heterocycles. The number of ether oxygens (including phenoxy) is 1. The van der Waals surface area contributed by atoms with Crippen molar-refractivity contribution in [3.8, 4) is 5.75 Å². The molecule has 0 fully saturated rings. The molecule has 0 bridgehead atoms. The van der Waals surface area contributed by atoms with Crippen LogP contribution in [0.25, 0.3) is 0 Å². The second kappa shape index (κ2) is 4.70. The molecule has 0 aliphatic rings. The summed E-state index contributed by atoms with van der Waals surface area (Å²) in [4.78, 5) is 9.11. The highest BCUT2D eigenvalue weighted by Crippen LogP contribution is 2.43. The Hall–Kier alpha value is -0.970. The van der Waals surface area contributed by atoms with Crippen LogP contribution in [0.2, 0.25) is 0 Å². The number of hydrogen-bond acceptors (Lipinski definition) is 3. The molecule has 84 valence electrons. The summed E-state index contributed by atoms with van der Waals surface area (Å²) in [5.41, 5.74) is 0. The van der Waals surface area contributed by atoms with Crippen LogP contribution in [0.4, 0.5) is 8.78 Å². The molecule has 1 unspecified atom stereocenters. The van der Waals surface area contributed by atoms with Gasteiger partial charge in [0.1, 0.15) is 5.82 Å². The fourth-order valence-corrected chi connectivity index (χ4v) is 1.73. The lowest BCUT2D eigenvalue weighted by atomic mass is 10.3. The van der Waals surface area contributed by atoms with Crippen molar-refractivity contribution in [1.29, 1.82) is 0 Å². The molecule has 1 aromatic carbocycles. The first kappa shape index (κ1) is 12.1. The largest absolute Gasteiger partial charge is 0.420 e. The van der Waals surface area contributed by atoms with Gasteiger partial charge in [0, 0.05) is 13.2 Å².